The van der Waals surface area contributed by atoms with Crippen LogP contribution in [0.2, 0.25) is 0 Å². The number of urea groups is 1. The molecule has 0 saturated heterocycles. The fraction of sp³-hybridized carbons (Fsp3) is 0.857. The fourth-order valence-corrected chi connectivity index (χ4v) is 0.755. The van der Waals surface area contributed by atoms with Crippen molar-refractivity contribution in [1.82, 2.24) is 5.09 Å². The van der Waals surface area contributed by atoms with Crippen molar-refractivity contribution in [3.63, 3.8) is 0 Å². The Kier molecular flexibility index (Phi) is 14.7. The Morgan fingerprint density at radius 1 is 1.33 bits per heavy atom. The lowest BCUT2D eigenvalue weighted by Gasteiger charge is -2.07. The molecule has 8 heteroatoms. The number of primary amides is 1. The van der Waals surface area contributed by atoms with Gasteiger partial charge in [0.15, 0.2) is 0 Å². The Morgan fingerprint density at radius 2 is 1.87 bits per heavy atom. The summed E-state index contributed by atoms with van der Waals surface area (Å²) in [4.78, 5) is 9.50. The van der Waals surface area contributed by atoms with Gasteiger partial charge in [-0.25, -0.2) is 9.36 Å². The van der Waals surface area contributed by atoms with Gasteiger partial charge in [-0.2, -0.15) is 0 Å². The second kappa shape index (κ2) is 13.2. The van der Waals surface area contributed by atoms with E-state index in [2.05, 4.69) is 5.73 Å². The van der Waals surface area contributed by atoms with Crippen molar-refractivity contribution >= 4 is 14.6 Å². The molecule has 0 rings (SSSR count). The number of rotatable bonds is 6. The van der Waals surface area contributed by atoms with Crippen LogP contribution in [0.1, 0.15) is 12.8 Å². The summed E-state index contributed by atoms with van der Waals surface area (Å²) in [5.74, 6) is -0.0443. The molecule has 0 aromatic rings. The van der Waals surface area contributed by atoms with Gasteiger partial charge in [-0.3, -0.25) is 5.09 Å². The van der Waals surface area contributed by atoms with E-state index in [1.165, 1.54) is 0 Å². The molecule has 0 aliphatic heterocycles. The summed E-state index contributed by atoms with van der Waals surface area (Å²) in [5, 5.41) is 27.1. The van der Waals surface area contributed by atoms with Gasteiger partial charge in [-0.15, -0.1) is 0 Å². The number of aliphatic hydroxyl groups is 3. The number of hydrogen-bond acceptors (Lipinski definition) is 5. The lowest BCUT2D eigenvalue weighted by Crippen LogP contribution is -2.20. The zero-order valence-corrected chi connectivity index (χ0v) is 9.19. The minimum Gasteiger partial charge on any atom is -0.396 e. The van der Waals surface area contributed by atoms with Crippen molar-refractivity contribution in [3.8, 4) is 0 Å². The van der Waals surface area contributed by atoms with Crippen LogP contribution < -0.4 is 10.8 Å². The highest BCUT2D eigenvalue weighted by atomic mass is 31.1. The van der Waals surface area contributed by atoms with E-state index in [4.69, 9.17) is 15.3 Å². The molecular weight excluding hydrogens is 223 g/mol. The summed E-state index contributed by atoms with van der Waals surface area (Å²) in [6, 6.07) is -0.785. The molecule has 15 heavy (non-hydrogen) atoms. The highest BCUT2D eigenvalue weighted by Crippen LogP contribution is 2.02. The number of hydrogen-bond donors (Lipinski definition) is 5. The van der Waals surface area contributed by atoms with Crippen LogP contribution in [0.25, 0.3) is 0 Å². The van der Waals surface area contributed by atoms with E-state index in [9.17, 15) is 9.36 Å². The minimum atomic E-state index is -0.785. The lowest BCUT2D eigenvalue weighted by molar-refractivity contribution is 0.136. The van der Waals surface area contributed by atoms with Crippen LogP contribution in [0.4, 0.5) is 4.79 Å². The number of carbonyl (C=O) groups is 1. The zero-order chi connectivity index (χ0) is 12.1. The van der Waals surface area contributed by atoms with Crippen LogP contribution in [0, 0.1) is 5.92 Å². The van der Waals surface area contributed by atoms with Crippen molar-refractivity contribution < 1.29 is 24.7 Å². The Morgan fingerprint density at radius 3 is 2.07 bits per heavy atom. The monoisotopic (exact) mass is 240 g/mol. The van der Waals surface area contributed by atoms with E-state index >= 15 is 0 Å². The molecule has 0 aliphatic rings. The van der Waals surface area contributed by atoms with Gasteiger partial charge in [0.1, 0.15) is 0 Å². The summed E-state index contributed by atoms with van der Waals surface area (Å²) in [7, 11) is -0.451. The standard InChI is InChI=1S/C6H14O3.CH3N2O2P/c7-3-1-2-6(4-8)5-9;2-1(4)3-6-5/h6-9H,1-5H2;(H3,2,3,4,5). The molecule has 90 valence electrons. The largest absolute Gasteiger partial charge is 0.396 e. The third kappa shape index (κ3) is 16.0. The Balaban J connectivity index is 0. The summed E-state index contributed by atoms with van der Waals surface area (Å²) in [5.41, 5.74) is 4.45. The molecule has 0 spiro atoms. The first-order valence-electron chi connectivity index (χ1n) is 4.32. The number of nitrogens with two attached hydrogens (primary N) is 1. The maximum atomic E-state index is 9.50. The van der Waals surface area contributed by atoms with Gasteiger partial charge < -0.3 is 21.1 Å². The third-order valence-electron chi connectivity index (χ3n) is 1.44. The molecule has 0 bridgehead atoms. The van der Waals surface area contributed by atoms with Gasteiger partial charge in [0, 0.05) is 25.7 Å². The van der Waals surface area contributed by atoms with Crippen LogP contribution in [0.3, 0.4) is 0 Å². The van der Waals surface area contributed by atoms with Crippen LogP contribution in [-0.4, -0.2) is 41.2 Å². The average molecular weight is 240 g/mol. The topological polar surface area (TPSA) is 133 Å². The van der Waals surface area contributed by atoms with Crippen molar-refractivity contribution in [2.75, 3.05) is 19.8 Å². The summed E-state index contributed by atoms with van der Waals surface area (Å²) >= 11 is 0. The molecule has 6 N–H and O–H groups in total. The normalized spacial score (nSPS) is 9.60. The zero-order valence-electron chi connectivity index (χ0n) is 8.30. The van der Waals surface area contributed by atoms with E-state index in [0.717, 1.165) is 0 Å². The molecule has 0 aromatic carbocycles. The van der Waals surface area contributed by atoms with Gasteiger partial charge in [-0.05, 0) is 12.8 Å². The number of nitrogens with one attached hydrogen (secondary N) is 1. The van der Waals surface area contributed by atoms with Crippen molar-refractivity contribution in [2.24, 2.45) is 11.7 Å². The van der Waals surface area contributed by atoms with Crippen LogP contribution in [0.15, 0.2) is 0 Å². The molecular formula is C7H17N2O5P. The number of amides is 2. The lowest BCUT2D eigenvalue weighted by atomic mass is 10.1. The van der Waals surface area contributed by atoms with E-state index in [1.807, 2.05) is 0 Å². The highest BCUT2D eigenvalue weighted by Gasteiger charge is 2.03. The molecule has 0 fully saturated rings. The van der Waals surface area contributed by atoms with Crippen molar-refractivity contribution in [2.45, 2.75) is 12.8 Å². The van der Waals surface area contributed by atoms with E-state index < -0.39 is 14.6 Å². The van der Waals surface area contributed by atoms with E-state index in [0.29, 0.717) is 12.8 Å². The first-order chi connectivity index (χ1) is 7.12. The van der Waals surface area contributed by atoms with Crippen molar-refractivity contribution in [1.29, 1.82) is 0 Å². The molecule has 2 amide bonds. The van der Waals surface area contributed by atoms with E-state index in [-0.39, 0.29) is 25.7 Å². The maximum absolute atomic E-state index is 9.50. The number of carbonyl (C=O) groups excluding carboxylic acids is 1. The molecule has 0 heterocycles. The Labute approximate surface area is 89.5 Å². The molecule has 0 unspecified atom stereocenters. The van der Waals surface area contributed by atoms with Gasteiger partial charge in [0.05, 0.1) is 0 Å². The summed E-state index contributed by atoms with van der Waals surface area (Å²) in [6.07, 6.45) is 1.36. The van der Waals surface area contributed by atoms with Crippen molar-refractivity contribution in [3.05, 3.63) is 0 Å². The molecule has 0 aliphatic carbocycles. The SMILES string of the molecule is NC(=O)NP=O.OCCCC(CO)CO. The molecule has 0 aromatic heterocycles. The average Bonchev–Trinajstić information content (AvgIpc) is 2.20. The smallest absolute Gasteiger partial charge is 0.322 e. The summed E-state index contributed by atoms with van der Waals surface area (Å²) in [6.45, 7) is 0.156. The van der Waals surface area contributed by atoms with Gasteiger partial charge in [-0.1, -0.05) is 0 Å². The van der Waals surface area contributed by atoms with Gasteiger partial charge in [0.25, 0.3) is 8.61 Å². The van der Waals surface area contributed by atoms with Crippen LogP contribution in [0.5, 0.6) is 0 Å². The molecule has 0 atom stereocenters. The predicted octanol–water partition coefficient (Wildman–Crippen LogP) is -0.779. The van der Waals surface area contributed by atoms with Gasteiger partial charge in [0.2, 0.25) is 0 Å². The first kappa shape index (κ1) is 16.7. The maximum Gasteiger partial charge on any atom is 0.322 e. The third-order valence-corrected chi connectivity index (χ3v) is 1.75. The Bertz CT molecular complexity index is 165. The van der Waals surface area contributed by atoms with Crippen LogP contribution >= 0.6 is 8.61 Å². The van der Waals surface area contributed by atoms with Gasteiger partial charge >= 0.3 is 6.03 Å². The van der Waals surface area contributed by atoms with E-state index in [1.54, 1.807) is 5.09 Å². The summed E-state index contributed by atoms with van der Waals surface area (Å²) < 4.78 is 9.30. The quantitative estimate of drug-likeness (QED) is 0.388. The second-order valence-corrected chi connectivity index (χ2v) is 3.07. The molecule has 0 saturated carbocycles. The first-order valence-corrected chi connectivity index (χ1v) is 5.13. The minimum absolute atomic E-state index is 0.0104. The number of aliphatic hydroxyl groups excluding tert-OH is 3. The second-order valence-electron chi connectivity index (χ2n) is 2.66. The Hall–Kier alpha value is -0.750. The predicted molar refractivity (Wildman–Crippen MR) is 54.3 cm³/mol. The van der Waals surface area contributed by atoms with Crippen LogP contribution in [-0.2, 0) is 4.57 Å². The highest BCUT2D eigenvalue weighted by molar-refractivity contribution is 7.22. The molecule has 0 radical (unpaired) electrons. The fourth-order valence-electron chi connectivity index (χ4n) is 0.665. The molecule has 7 nitrogen and oxygen atoms in total.